The predicted octanol–water partition coefficient (Wildman–Crippen LogP) is 1.25. The number of hydrogen-bond acceptors (Lipinski definition) is 4. The Labute approximate surface area is 98.6 Å². The number of rotatable bonds is 5. The number of hydrogen-bond donors (Lipinski definition) is 1. The van der Waals surface area contributed by atoms with Crippen LogP contribution >= 0.6 is 11.8 Å². The molecule has 0 amide bonds. The fourth-order valence-electron chi connectivity index (χ4n) is 1.78. The largest absolute Gasteiger partial charge is 0.377 e. The average Bonchev–Trinajstić information content (AvgIpc) is 2.89. The maximum atomic E-state index is 11.4. The van der Waals surface area contributed by atoms with Crippen molar-refractivity contribution in [1.29, 1.82) is 0 Å². The Morgan fingerprint density at radius 2 is 2.56 bits per heavy atom. The number of nitrogens with one attached hydrogen (secondary N) is 1. The Bertz CT molecular complexity index is 382. The first-order valence-electron chi connectivity index (χ1n) is 5.71. The normalized spacial score (nSPS) is 20.4. The lowest BCUT2D eigenvalue weighted by Gasteiger charge is -2.08. The summed E-state index contributed by atoms with van der Waals surface area (Å²) in [6.07, 6.45) is 3.53. The number of aromatic nitrogens is 3. The summed E-state index contributed by atoms with van der Waals surface area (Å²) in [6.45, 7) is 3.64. The van der Waals surface area contributed by atoms with Crippen LogP contribution in [0.2, 0.25) is 0 Å². The van der Waals surface area contributed by atoms with E-state index < -0.39 is 0 Å². The lowest BCUT2D eigenvalue weighted by atomic mass is 10.3. The van der Waals surface area contributed by atoms with Gasteiger partial charge in [-0.25, -0.2) is 9.89 Å². The second-order valence-electron chi connectivity index (χ2n) is 3.91. The average molecular weight is 243 g/mol. The molecule has 1 fully saturated rings. The van der Waals surface area contributed by atoms with Crippen molar-refractivity contribution < 1.29 is 4.74 Å². The topological polar surface area (TPSA) is 59.9 Å². The highest BCUT2D eigenvalue weighted by molar-refractivity contribution is 7.99. The fourth-order valence-corrected chi connectivity index (χ4v) is 2.82. The van der Waals surface area contributed by atoms with E-state index in [-0.39, 0.29) is 5.69 Å². The molecule has 1 aromatic rings. The van der Waals surface area contributed by atoms with Gasteiger partial charge in [0, 0.05) is 18.9 Å². The highest BCUT2D eigenvalue weighted by atomic mass is 32.2. The van der Waals surface area contributed by atoms with E-state index in [4.69, 9.17) is 4.74 Å². The van der Waals surface area contributed by atoms with Crippen molar-refractivity contribution in [3.05, 3.63) is 10.5 Å². The van der Waals surface area contributed by atoms with Crippen LogP contribution in [0.3, 0.4) is 0 Å². The minimum absolute atomic E-state index is 0.114. The number of ether oxygens (including phenoxy) is 1. The van der Waals surface area contributed by atoms with Crippen LogP contribution in [0.25, 0.3) is 0 Å². The molecule has 2 rings (SSSR count). The summed E-state index contributed by atoms with van der Waals surface area (Å²) >= 11 is 1.60. The summed E-state index contributed by atoms with van der Waals surface area (Å²) in [5.74, 6) is 0.883. The maximum Gasteiger partial charge on any atom is 0.343 e. The second kappa shape index (κ2) is 5.54. The van der Waals surface area contributed by atoms with Gasteiger partial charge in [-0.15, -0.1) is 5.10 Å². The van der Waals surface area contributed by atoms with Gasteiger partial charge in [-0.1, -0.05) is 18.7 Å². The molecule has 1 aliphatic rings. The monoisotopic (exact) mass is 243 g/mol. The molecule has 16 heavy (non-hydrogen) atoms. The van der Waals surface area contributed by atoms with Gasteiger partial charge in [-0.3, -0.25) is 4.57 Å². The van der Waals surface area contributed by atoms with Gasteiger partial charge < -0.3 is 4.74 Å². The van der Waals surface area contributed by atoms with Crippen LogP contribution in [0.15, 0.2) is 9.95 Å². The summed E-state index contributed by atoms with van der Waals surface area (Å²) < 4.78 is 7.23. The third-order valence-electron chi connectivity index (χ3n) is 2.59. The van der Waals surface area contributed by atoms with E-state index >= 15 is 0 Å². The standard InChI is InChI=1S/C10H17N3O2S/c1-2-5-13-9(14)11-12-10(13)16-7-8-4-3-6-15-8/h8H,2-7H2,1H3,(H,11,14)/t8-/m1/s1. The molecule has 0 aliphatic carbocycles. The Balaban J connectivity index is 1.95. The number of nitrogens with zero attached hydrogens (tertiary/aromatic N) is 2. The summed E-state index contributed by atoms with van der Waals surface area (Å²) in [7, 11) is 0. The molecule has 5 nitrogen and oxygen atoms in total. The van der Waals surface area contributed by atoms with Crippen LogP contribution in [-0.2, 0) is 11.3 Å². The predicted molar refractivity (Wildman–Crippen MR) is 62.8 cm³/mol. The molecule has 0 unspecified atom stereocenters. The molecule has 90 valence electrons. The number of aromatic amines is 1. The van der Waals surface area contributed by atoms with Crippen LogP contribution in [0.1, 0.15) is 26.2 Å². The second-order valence-corrected chi connectivity index (χ2v) is 4.90. The van der Waals surface area contributed by atoms with Crippen molar-refractivity contribution in [3.8, 4) is 0 Å². The van der Waals surface area contributed by atoms with Crippen molar-refractivity contribution >= 4 is 11.8 Å². The van der Waals surface area contributed by atoms with Crippen LogP contribution in [0.4, 0.5) is 0 Å². The fraction of sp³-hybridized carbons (Fsp3) is 0.800. The van der Waals surface area contributed by atoms with Crippen LogP contribution in [-0.4, -0.2) is 33.2 Å². The van der Waals surface area contributed by atoms with Crippen LogP contribution < -0.4 is 5.69 Å². The summed E-state index contributed by atoms with van der Waals surface area (Å²) in [5.41, 5.74) is -0.114. The molecule has 6 heteroatoms. The SMILES string of the molecule is CCCn1c(SC[C@H]2CCCO2)n[nH]c1=O. The zero-order valence-corrected chi connectivity index (χ0v) is 10.3. The summed E-state index contributed by atoms with van der Waals surface area (Å²) in [6, 6.07) is 0. The molecular formula is C10H17N3O2S. The van der Waals surface area contributed by atoms with Crippen LogP contribution in [0.5, 0.6) is 0 Å². The molecule has 0 spiro atoms. The van der Waals surface area contributed by atoms with Crippen molar-refractivity contribution in [3.63, 3.8) is 0 Å². The number of thioether (sulfide) groups is 1. The quantitative estimate of drug-likeness (QED) is 0.791. The van der Waals surface area contributed by atoms with E-state index in [0.717, 1.165) is 43.3 Å². The summed E-state index contributed by atoms with van der Waals surface area (Å²) in [4.78, 5) is 11.4. The molecule has 0 bridgehead atoms. The molecule has 0 radical (unpaired) electrons. The molecule has 1 aromatic heterocycles. The molecular weight excluding hydrogens is 226 g/mol. The maximum absolute atomic E-state index is 11.4. The van der Waals surface area contributed by atoms with Gasteiger partial charge in [0.15, 0.2) is 5.16 Å². The molecule has 0 aromatic carbocycles. The van der Waals surface area contributed by atoms with Crippen LogP contribution in [0, 0.1) is 0 Å². The molecule has 0 saturated carbocycles. The lowest BCUT2D eigenvalue weighted by molar-refractivity contribution is 0.129. The van der Waals surface area contributed by atoms with Crippen molar-refractivity contribution in [2.45, 2.75) is 44.0 Å². The first-order chi connectivity index (χ1) is 7.81. The Hall–Kier alpha value is -0.750. The third-order valence-corrected chi connectivity index (χ3v) is 3.70. The highest BCUT2D eigenvalue weighted by Crippen LogP contribution is 2.21. The smallest absolute Gasteiger partial charge is 0.343 e. The van der Waals surface area contributed by atoms with Gasteiger partial charge in [-0.2, -0.15) is 0 Å². The minimum atomic E-state index is -0.114. The van der Waals surface area contributed by atoms with Gasteiger partial charge >= 0.3 is 5.69 Å². The zero-order valence-electron chi connectivity index (χ0n) is 9.44. The zero-order chi connectivity index (χ0) is 11.4. The van der Waals surface area contributed by atoms with E-state index in [1.54, 1.807) is 16.3 Å². The Kier molecular flexibility index (Phi) is 4.06. The number of H-pyrrole nitrogens is 1. The van der Waals surface area contributed by atoms with Crippen molar-refractivity contribution in [1.82, 2.24) is 14.8 Å². The van der Waals surface area contributed by atoms with E-state index in [1.165, 1.54) is 0 Å². The molecule has 1 N–H and O–H groups in total. The van der Waals surface area contributed by atoms with Gasteiger partial charge in [0.1, 0.15) is 0 Å². The molecule has 1 aliphatic heterocycles. The highest BCUT2D eigenvalue weighted by Gasteiger charge is 2.17. The Morgan fingerprint density at radius 1 is 1.69 bits per heavy atom. The lowest BCUT2D eigenvalue weighted by Crippen LogP contribution is -2.18. The molecule has 1 saturated heterocycles. The minimum Gasteiger partial charge on any atom is -0.377 e. The molecule has 1 atom stereocenters. The van der Waals surface area contributed by atoms with Gasteiger partial charge in [0.05, 0.1) is 6.10 Å². The van der Waals surface area contributed by atoms with E-state index in [0.29, 0.717) is 6.10 Å². The first kappa shape index (κ1) is 11.7. The van der Waals surface area contributed by atoms with Crippen molar-refractivity contribution in [2.75, 3.05) is 12.4 Å². The van der Waals surface area contributed by atoms with Gasteiger partial charge in [0.2, 0.25) is 0 Å². The Morgan fingerprint density at radius 3 is 3.25 bits per heavy atom. The van der Waals surface area contributed by atoms with E-state index in [1.807, 2.05) is 6.92 Å². The molecule has 2 heterocycles. The summed E-state index contributed by atoms with van der Waals surface area (Å²) in [5, 5.41) is 7.30. The van der Waals surface area contributed by atoms with Crippen molar-refractivity contribution in [2.24, 2.45) is 0 Å². The van der Waals surface area contributed by atoms with E-state index in [9.17, 15) is 4.79 Å². The third kappa shape index (κ3) is 2.68. The first-order valence-corrected chi connectivity index (χ1v) is 6.69. The van der Waals surface area contributed by atoms with Gasteiger partial charge in [0.25, 0.3) is 0 Å². The van der Waals surface area contributed by atoms with Gasteiger partial charge in [-0.05, 0) is 19.3 Å². The van der Waals surface area contributed by atoms with E-state index in [2.05, 4.69) is 10.2 Å².